The van der Waals surface area contributed by atoms with Gasteiger partial charge in [-0.05, 0) is 25.0 Å². The van der Waals surface area contributed by atoms with Gasteiger partial charge in [-0.25, -0.2) is 8.78 Å². The molecule has 4 nitrogen and oxygen atoms in total. The van der Waals surface area contributed by atoms with Crippen molar-refractivity contribution in [2.45, 2.75) is 25.0 Å². The minimum absolute atomic E-state index is 0. The Morgan fingerprint density at radius 1 is 1.37 bits per heavy atom. The number of carbonyl (C=O) groups excluding carboxylic acids is 1. The van der Waals surface area contributed by atoms with Crippen molar-refractivity contribution in [3.63, 3.8) is 0 Å². The van der Waals surface area contributed by atoms with Gasteiger partial charge in [0.05, 0.1) is 6.10 Å². The zero-order valence-corrected chi connectivity index (χ0v) is 10.9. The summed E-state index contributed by atoms with van der Waals surface area (Å²) < 4.78 is 31.1. The van der Waals surface area contributed by atoms with E-state index in [4.69, 9.17) is 10.5 Å². The highest BCUT2D eigenvalue weighted by atomic mass is 35.5. The monoisotopic (exact) mass is 292 g/mol. The highest BCUT2D eigenvalue weighted by Gasteiger charge is 2.29. The van der Waals surface area contributed by atoms with Crippen LogP contribution in [0.25, 0.3) is 0 Å². The highest BCUT2D eigenvalue weighted by Crippen LogP contribution is 2.21. The summed E-state index contributed by atoms with van der Waals surface area (Å²) in [4.78, 5) is 11.8. The molecule has 0 aromatic heterocycles. The summed E-state index contributed by atoms with van der Waals surface area (Å²) in [5, 5.41) is 2.49. The first kappa shape index (κ1) is 15.8. The molecule has 0 spiro atoms. The first-order chi connectivity index (χ1) is 8.60. The number of carbonyl (C=O) groups is 1. The molecule has 1 aromatic carbocycles. The zero-order valence-electron chi connectivity index (χ0n) is 10.1. The summed E-state index contributed by atoms with van der Waals surface area (Å²) in [6.45, 7) is 0.370. The molecular weight excluding hydrogens is 278 g/mol. The fourth-order valence-corrected chi connectivity index (χ4v) is 1.87. The molecule has 19 heavy (non-hydrogen) atoms. The molecule has 0 radical (unpaired) electrons. The molecule has 106 valence electrons. The summed E-state index contributed by atoms with van der Waals surface area (Å²) in [5.74, 6) is -2.31. The van der Waals surface area contributed by atoms with Crippen molar-refractivity contribution in [3.05, 3.63) is 29.8 Å². The fourth-order valence-electron chi connectivity index (χ4n) is 1.87. The predicted octanol–water partition coefficient (Wildman–Crippen LogP) is 1.83. The summed E-state index contributed by atoms with van der Waals surface area (Å²) in [7, 11) is 0. The third-order valence-corrected chi connectivity index (χ3v) is 2.85. The lowest BCUT2D eigenvalue weighted by molar-refractivity contribution is -0.126. The van der Waals surface area contributed by atoms with Crippen LogP contribution in [0.3, 0.4) is 0 Å². The summed E-state index contributed by atoms with van der Waals surface area (Å²) in [6, 6.07) is 3.19. The van der Waals surface area contributed by atoms with E-state index in [1.165, 1.54) is 6.07 Å². The number of ether oxygens (including phenoxy) is 1. The first-order valence-electron chi connectivity index (χ1n) is 5.71. The number of anilines is 1. The van der Waals surface area contributed by atoms with E-state index >= 15 is 0 Å². The average molecular weight is 293 g/mol. The first-order valence-corrected chi connectivity index (χ1v) is 5.71. The number of nitrogens with two attached hydrogens (primary N) is 1. The second kappa shape index (κ2) is 6.79. The number of rotatable bonds is 3. The maximum atomic E-state index is 12.9. The van der Waals surface area contributed by atoms with Gasteiger partial charge in [-0.2, -0.15) is 0 Å². The third kappa shape index (κ3) is 3.86. The predicted molar refractivity (Wildman–Crippen MR) is 69.2 cm³/mol. The Morgan fingerprint density at radius 2 is 2.11 bits per heavy atom. The molecule has 3 N–H and O–H groups in total. The van der Waals surface area contributed by atoms with Crippen LogP contribution >= 0.6 is 12.4 Å². The fraction of sp³-hybridized carbons (Fsp3) is 0.417. The molecule has 2 rings (SSSR count). The Bertz CT molecular complexity index is 459. The van der Waals surface area contributed by atoms with Crippen molar-refractivity contribution in [3.8, 4) is 0 Å². The van der Waals surface area contributed by atoms with Gasteiger partial charge < -0.3 is 15.8 Å². The van der Waals surface area contributed by atoms with Gasteiger partial charge in [0, 0.05) is 18.3 Å². The number of benzene rings is 1. The number of nitrogens with one attached hydrogen (secondary N) is 1. The number of halogens is 3. The van der Waals surface area contributed by atoms with E-state index in [1.807, 2.05) is 0 Å². The maximum absolute atomic E-state index is 12.9. The van der Waals surface area contributed by atoms with E-state index in [1.54, 1.807) is 0 Å². The molecule has 7 heteroatoms. The van der Waals surface area contributed by atoms with Crippen LogP contribution in [0.15, 0.2) is 18.2 Å². The lowest BCUT2D eigenvalue weighted by Crippen LogP contribution is -2.29. The van der Waals surface area contributed by atoms with E-state index in [-0.39, 0.29) is 30.1 Å². The molecule has 0 bridgehead atoms. The average Bonchev–Trinajstić information content (AvgIpc) is 2.82. The van der Waals surface area contributed by atoms with Crippen molar-refractivity contribution in [1.29, 1.82) is 0 Å². The van der Waals surface area contributed by atoms with Crippen LogP contribution in [-0.2, 0) is 9.53 Å². The molecule has 1 heterocycles. The summed E-state index contributed by atoms with van der Waals surface area (Å²) >= 11 is 0. The topological polar surface area (TPSA) is 64.4 Å². The van der Waals surface area contributed by atoms with E-state index in [0.29, 0.717) is 13.0 Å². The standard InChI is InChI=1S/C12H14F2N2O2.ClH/c13-9-3-1-7(5-10(9)14)16-12(17)11-4-2-8(6-15)18-11;/h1,3,5,8,11H,2,4,6,15H2,(H,16,17);1H/t8-,11+;/m1./s1. The summed E-state index contributed by atoms with van der Waals surface area (Å²) in [6.07, 6.45) is 0.626. The number of hydrogen-bond donors (Lipinski definition) is 2. The molecule has 1 fully saturated rings. The van der Waals surface area contributed by atoms with Gasteiger partial charge in [0.15, 0.2) is 11.6 Å². The Kier molecular flexibility index (Phi) is 5.65. The minimum atomic E-state index is -1.00. The van der Waals surface area contributed by atoms with Gasteiger partial charge >= 0.3 is 0 Å². The Balaban J connectivity index is 0.00000180. The Hall–Kier alpha value is -1.24. The van der Waals surface area contributed by atoms with Gasteiger partial charge in [-0.15, -0.1) is 12.4 Å². The lowest BCUT2D eigenvalue weighted by Gasteiger charge is -2.12. The van der Waals surface area contributed by atoms with Crippen LogP contribution in [0.1, 0.15) is 12.8 Å². The Morgan fingerprint density at radius 3 is 2.68 bits per heavy atom. The largest absolute Gasteiger partial charge is 0.364 e. The molecule has 0 aliphatic carbocycles. The SMILES string of the molecule is Cl.NC[C@H]1CC[C@@H](C(=O)Nc2ccc(F)c(F)c2)O1. The molecule has 1 amide bonds. The Labute approximate surface area is 115 Å². The molecule has 2 atom stereocenters. The van der Waals surface area contributed by atoms with Gasteiger partial charge in [0.25, 0.3) is 5.91 Å². The van der Waals surface area contributed by atoms with E-state index in [0.717, 1.165) is 18.6 Å². The maximum Gasteiger partial charge on any atom is 0.253 e. The molecule has 1 aliphatic heterocycles. The molecule has 1 saturated heterocycles. The van der Waals surface area contributed by atoms with Crippen molar-refractivity contribution >= 4 is 24.0 Å². The van der Waals surface area contributed by atoms with Gasteiger partial charge in [0.2, 0.25) is 0 Å². The van der Waals surface area contributed by atoms with Crippen LogP contribution in [0, 0.1) is 11.6 Å². The van der Waals surface area contributed by atoms with Crippen molar-refractivity contribution in [1.82, 2.24) is 0 Å². The quantitative estimate of drug-likeness (QED) is 0.893. The normalized spacial score (nSPS) is 21.8. The van der Waals surface area contributed by atoms with E-state index in [2.05, 4.69) is 5.32 Å². The second-order valence-corrected chi connectivity index (χ2v) is 4.18. The lowest BCUT2D eigenvalue weighted by atomic mass is 10.2. The van der Waals surface area contributed by atoms with Gasteiger partial charge in [0.1, 0.15) is 6.10 Å². The van der Waals surface area contributed by atoms with Crippen LogP contribution in [-0.4, -0.2) is 24.7 Å². The van der Waals surface area contributed by atoms with Crippen LogP contribution in [0.2, 0.25) is 0 Å². The van der Waals surface area contributed by atoms with Crippen molar-refractivity contribution < 1.29 is 18.3 Å². The molecule has 0 unspecified atom stereocenters. The van der Waals surface area contributed by atoms with Crippen molar-refractivity contribution in [2.24, 2.45) is 5.73 Å². The highest BCUT2D eigenvalue weighted by molar-refractivity contribution is 5.94. The van der Waals surface area contributed by atoms with Crippen LogP contribution < -0.4 is 11.1 Å². The zero-order chi connectivity index (χ0) is 13.1. The van der Waals surface area contributed by atoms with E-state index in [9.17, 15) is 13.6 Å². The van der Waals surface area contributed by atoms with Crippen LogP contribution in [0.4, 0.5) is 14.5 Å². The molecular formula is C12H15ClF2N2O2. The van der Waals surface area contributed by atoms with E-state index < -0.39 is 17.7 Å². The molecule has 0 saturated carbocycles. The number of hydrogen-bond acceptors (Lipinski definition) is 3. The minimum Gasteiger partial charge on any atom is -0.364 e. The van der Waals surface area contributed by atoms with Crippen LogP contribution in [0.5, 0.6) is 0 Å². The molecule has 1 aromatic rings. The number of amides is 1. The second-order valence-electron chi connectivity index (χ2n) is 4.18. The molecule has 1 aliphatic rings. The van der Waals surface area contributed by atoms with Gasteiger partial charge in [-0.3, -0.25) is 4.79 Å². The van der Waals surface area contributed by atoms with Gasteiger partial charge in [-0.1, -0.05) is 0 Å². The summed E-state index contributed by atoms with van der Waals surface area (Å²) in [5.41, 5.74) is 5.64. The third-order valence-electron chi connectivity index (χ3n) is 2.85. The van der Waals surface area contributed by atoms with Crippen molar-refractivity contribution in [2.75, 3.05) is 11.9 Å². The smallest absolute Gasteiger partial charge is 0.253 e.